The van der Waals surface area contributed by atoms with E-state index in [9.17, 15) is 0 Å². The molecule has 0 unspecified atom stereocenters. The topological polar surface area (TPSA) is 19.4 Å². The largest absolute Gasteiger partial charge is 0.369 e. The van der Waals surface area contributed by atoms with Gasteiger partial charge in [0.1, 0.15) is 0 Å². The Kier molecular flexibility index (Phi) is 4.20. The Morgan fingerprint density at radius 1 is 1.00 bits per heavy atom. The predicted octanol–water partition coefficient (Wildman–Crippen LogP) is 3.02. The van der Waals surface area contributed by atoms with Crippen LogP contribution >= 0.6 is 0 Å². The lowest BCUT2D eigenvalue weighted by Crippen LogP contribution is -2.46. The van der Waals surface area contributed by atoms with Gasteiger partial charge in [-0.1, -0.05) is 18.2 Å². The summed E-state index contributed by atoms with van der Waals surface area (Å²) in [6, 6.07) is 12.9. The van der Waals surface area contributed by atoms with Gasteiger partial charge in [-0.15, -0.1) is 0 Å². The standard InChI is InChI=1S/C18H23N3/c1-15-5-3-7-17(13-15)21-11-9-20(10-12-21)14-18-16(2)6-4-8-19-18/h3-8,13H,9-12,14H2,1-2H3. The van der Waals surface area contributed by atoms with Crippen molar-refractivity contribution >= 4 is 5.69 Å². The van der Waals surface area contributed by atoms with E-state index in [4.69, 9.17) is 0 Å². The molecule has 1 aliphatic heterocycles. The second-order valence-electron chi connectivity index (χ2n) is 5.87. The van der Waals surface area contributed by atoms with Crippen LogP contribution in [0.2, 0.25) is 0 Å². The first-order chi connectivity index (χ1) is 10.2. The van der Waals surface area contributed by atoms with Crippen molar-refractivity contribution in [1.82, 2.24) is 9.88 Å². The van der Waals surface area contributed by atoms with Crippen LogP contribution in [-0.2, 0) is 6.54 Å². The van der Waals surface area contributed by atoms with E-state index in [0.29, 0.717) is 0 Å². The second-order valence-corrected chi connectivity index (χ2v) is 5.87. The van der Waals surface area contributed by atoms with Gasteiger partial charge in [-0.2, -0.15) is 0 Å². The van der Waals surface area contributed by atoms with Crippen LogP contribution in [0.15, 0.2) is 42.6 Å². The van der Waals surface area contributed by atoms with Gasteiger partial charge in [0.15, 0.2) is 0 Å². The second kappa shape index (κ2) is 6.27. The molecule has 1 fully saturated rings. The number of anilines is 1. The minimum atomic E-state index is 0.967. The van der Waals surface area contributed by atoms with Crippen LogP contribution in [0.1, 0.15) is 16.8 Å². The Bertz CT molecular complexity index is 601. The highest BCUT2D eigenvalue weighted by molar-refractivity contribution is 5.48. The van der Waals surface area contributed by atoms with E-state index in [0.717, 1.165) is 32.7 Å². The molecule has 1 aromatic heterocycles. The highest BCUT2D eigenvalue weighted by atomic mass is 15.3. The summed E-state index contributed by atoms with van der Waals surface area (Å²) in [7, 11) is 0. The van der Waals surface area contributed by atoms with Gasteiger partial charge in [0.25, 0.3) is 0 Å². The lowest BCUT2D eigenvalue weighted by atomic mass is 10.1. The SMILES string of the molecule is Cc1cccc(N2CCN(Cc3ncccc3C)CC2)c1. The Morgan fingerprint density at radius 3 is 2.52 bits per heavy atom. The van der Waals surface area contributed by atoms with Crippen molar-refractivity contribution in [2.24, 2.45) is 0 Å². The molecular formula is C18H23N3. The number of piperazine rings is 1. The quantitative estimate of drug-likeness (QED) is 0.862. The summed E-state index contributed by atoms with van der Waals surface area (Å²) in [5.74, 6) is 0. The van der Waals surface area contributed by atoms with Crippen LogP contribution < -0.4 is 4.90 Å². The van der Waals surface area contributed by atoms with E-state index in [1.54, 1.807) is 0 Å². The molecule has 1 aromatic carbocycles. The third-order valence-electron chi connectivity index (χ3n) is 4.23. The summed E-state index contributed by atoms with van der Waals surface area (Å²) < 4.78 is 0. The Balaban J connectivity index is 1.59. The maximum Gasteiger partial charge on any atom is 0.0573 e. The molecule has 0 atom stereocenters. The van der Waals surface area contributed by atoms with Crippen LogP contribution in [0.25, 0.3) is 0 Å². The van der Waals surface area contributed by atoms with Gasteiger partial charge in [-0.05, 0) is 43.2 Å². The van der Waals surface area contributed by atoms with Gasteiger partial charge in [0, 0.05) is 44.6 Å². The molecule has 0 saturated carbocycles. The molecule has 2 aromatic rings. The van der Waals surface area contributed by atoms with E-state index >= 15 is 0 Å². The first-order valence-electron chi connectivity index (χ1n) is 7.67. The van der Waals surface area contributed by atoms with Gasteiger partial charge in [-0.25, -0.2) is 0 Å². The average molecular weight is 281 g/mol. The Morgan fingerprint density at radius 2 is 1.81 bits per heavy atom. The molecule has 110 valence electrons. The molecule has 0 bridgehead atoms. The number of aromatic nitrogens is 1. The van der Waals surface area contributed by atoms with Crippen molar-refractivity contribution < 1.29 is 0 Å². The lowest BCUT2D eigenvalue weighted by molar-refractivity contribution is 0.246. The fourth-order valence-electron chi connectivity index (χ4n) is 2.88. The monoisotopic (exact) mass is 281 g/mol. The first kappa shape index (κ1) is 14.1. The normalized spacial score (nSPS) is 16.2. The molecule has 0 aliphatic carbocycles. The Hall–Kier alpha value is -1.87. The molecule has 3 rings (SSSR count). The van der Waals surface area contributed by atoms with Crippen LogP contribution in [0, 0.1) is 13.8 Å². The molecule has 0 radical (unpaired) electrons. The molecular weight excluding hydrogens is 258 g/mol. The zero-order chi connectivity index (χ0) is 14.7. The third kappa shape index (κ3) is 3.42. The highest BCUT2D eigenvalue weighted by Gasteiger charge is 2.18. The van der Waals surface area contributed by atoms with Gasteiger partial charge in [0.05, 0.1) is 5.69 Å². The molecule has 3 nitrogen and oxygen atoms in total. The number of rotatable bonds is 3. The number of aryl methyl sites for hydroxylation is 2. The van der Waals surface area contributed by atoms with E-state index in [-0.39, 0.29) is 0 Å². The summed E-state index contributed by atoms with van der Waals surface area (Å²) >= 11 is 0. The van der Waals surface area contributed by atoms with Crippen LogP contribution in [0.3, 0.4) is 0 Å². The minimum absolute atomic E-state index is 0.967. The van der Waals surface area contributed by atoms with Gasteiger partial charge < -0.3 is 4.90 Å². The summed E-state index contributed by atoms with van der Waals surface area (Å²) in [4.78, 5) is 9.49. The van der Waals surface area contributed by atoms with Crippen LogP contribution in [0.4, 0.5) is 5.69 Å². The van der Waals surface area contributed by atoms with Crippen molar-refractivity contribution in [3.05, 3.63) is 59.4 Å². The maximum absolute atomic E-state index is 4.51. The number of hydrogen-bond acceptors (Lipinski definition) is 3. The molecule has 3 heteroatoms. The third-order valence-corrected chi connectivity index (χ3v) is 4.23. The Labute approximate surface area is 127 Å². The molecule has 1 saturated heterocycles. The van der Waals surface area contributed by atoms with Gasteiger partial charge in [0.2, 0.25) is 0 Å². The summed E-state index contributed by atoms with van der Waals surface area (Å²) in [5, 5.41) is 0. The molecule has 2 heterocycles. The number of benzene rings is 1. The lowest BCUT2D eigenvalue weighted by Gasteiger charge is -2.36. The summed E-state index contributed by atoms with van der Waals surface area (Å²) in [5.41, 5.74) is 5.18. The summed E-state index contributed by atoms with van der Waals surface area (Å²) in [6.45, 7) is 9.65. The van der Waals surface area contributed by atoms with Gasteiger partial charge in [-0.3, -0.25) is 9.88 Å². The number of nitrogens with zero attached hydrogens (tertiary/aromatic N) is 3. The summed E-state index contributed by atoms with van der Waals surface area (Å²) in [6.07, 6.45) is 1.89. The predicted molar refractivity (Wildman–Crippen MR) is 87.6 cm³/mol. The zero-order valence-electron chi connectivity index (χ0n) is 12.9. The number of pyridine rings is 1. The molecule has 0 N–H and O–H groups in total. The van der Waals surface area contributed by atoms with Crippen LogP contribution in [0.5, 0.6) is 0 Å². The van der Waals surface area contributed by atoms with Crippen LogP contribution in [-0.4, -0.2) is 36.1 Å². The number of hydrogen-bond donors (Lipinski definition) is 0. The maximum atomic E-state index is 4.51. The van der Waals surface area contributed by atoms with E-state index in [1.807, 2.05) is 12.3 Å². The molecule has 0 spiro atoms. The first-order valence-corrected chi connectivity index (χ1v) is 7.67. The van der Waals surface area contributed by atoms with Crippen molar-refractivity contribution in [3.63, 3.8) is 0 Å². The van der Waals surface area contributed by atoms with Crippen molar-refractivity contribution in [1.29, 1.82) is 0 Å². The van der Waals surface area contributed by atoms with Crippen molar-refractivity contribution in [2.75, 3.05) is 31.1 Å². The molecule has 0 amide bonds. The molecule has 21 heavy (non-hydrogen) atoms. The van der Waals surface area contributed by atoms with Crippen molar-refractivity contribution in [3.8, 4) is 0 Å². The molecule has 1 aliphatic rings. The minimum Gasteiger partial charge on any atom is -0.369 e. The highest BCUT2D eigenvalue weighted by Crippen LogP contribution is 2.18. The fourth-order valence-corrected chi connectivity index (χ4v) is 2.88. The smallest absolute Gasteiger partial charge is 0.0573 e. The van der Waals surface area contributed by atoms with E-state index in [2.05, 4.69) is 59.0 Å². The zero-order valence-corrected chi connectivity index (χ0v) is 12.9. The van der Waals surface area contributed by atoms with E-state index < -0.39 is 0 Å². The van der Waals surface area contributed by atoms with Gasteiger partial charge >= 0.3 is 0 Å². The average Bonchev–Trinajstić information content (AvgIpc) is 2.50. The fraction of sp³-hybridized carbons (Fsp3) is 0.389. The van der Waals surface area contributed by atoms with E-state index in [1.165, 1.54) is 22.5 Å². The van der Waals surface area contributed by atoms with Crippen molar-refractivity contribution in [2.45, 2.75) is 20.4 Å².